The van der Waals surface area contributed by atoms with Crippen LogP contribution in [0.4, 0.5) is 16.4 Å². The lowest BCUT2D eigenvalue weighted by Gasteiger charge is -2.33. The summed E-state index contributed by atoms with van der Waals surface area (Å²) in [6.07, 6.45) is 0. The van der Waals surface area contributed by atoms with Gasteiger partial charge in [-0.3, -0.25) is 5.32 Å². The molecule has 0 fully saturated rings. The number of anilines is 2. The molecule has 2 aromatic heterocycles. The fourth-order valence-corrected chi connectivity index (χ4v) is 3.03. The lowest BCUT2D eigenvalue weighted by Crippen LogP contribution is -2.43. The van der Waals surface area contributed by atoms with E-state index >= 15 is 0 Å². The van der Waals surface area contributed by atoms with Gasteiger partial charge in [-0.05, 0) is 19.1 Å². The highest BCUT2D eigenvalue weighted by Gasteiger charge is 2.31. The number of pyridine rings is 1. The van der Waals surface area contributed by atoms with E-state index in [2.05, 4.69) is 38.9 Å². The number of aromatic nitrogens is 4. The van der Waals surface area contributed by atoms with Gasteiger partial charge in [0, 0.05) is 33.1 Å². The van der Waals surface area contributed by atoms with Gasteiger partial charge in [-0.1, -0.05) is 19.9 Å². The first kappa shape index (κ1) is 17.2. The van der Waals surface area contributed by atoms with E-state index in [-0.39, 0.29) is 12.1 Å². The second kappa shape index (κ2) is 6.70. The van der Waals surface area contributed by atoms with Crippen molar-refractivity contribution in [3.05, 3.63) is 29.8 Å². The number of rotatable bonds is 3. The highest BCUT2D eigenvalue weighted by molar-refractivity contribution is 5.88. The highest BCUT2D eigenvalue weighted by atomic mass is 16.2. The molecule has 3 heterocycles. The molecule has 0 aliphatic carbocycles. The quantitative estimate of drug-likeness (QED) is 0.926. The van der Waals surface area contributed by atoms with E-state index in [9.17, 15) is 4.79 Å². The third-order valence-electron chi connectivity index (χ3n) is 4.42. The smallest absolute Gasteiger partial charge is 0.323 e. The van der Waals surface area contributed by atoms with Crippen LogP contribution in [0, 0.1) is 0 Å². The number of amides is 2. The number of urea groups is 1. The molecule has 1 unspecified atom stereocenters. The summed E-state index contributed by atoms with van der Waals surface area (Å²) in [6, 6.07) is 5.26. The monoisotopic (exact) mass is 343 g/mol. The fraction of sp³-hybridized carbons (Fsp3) is 0.529. The number of hydrogen-bond donors (Lipinski definition) is 1. The number of nitrogens with zero attached hydrogens (tertiary/aromatic N) is 6. The Hall–Kier alpha value is -2.64. The van der Waals surface area contributed by atoms with Gasteiger partial charge in [0.2, 0.25) is 0 Å². The maximum absolute atomic E-state index is 12.7. The molecule has 2 aromatic rings. The number of nitrogens with one attached hydrogen (secondary N) is 1. The second-order valence-electron chi connectivity index (χ2n) is 6.80. The lowest BCUT2D eigenvalue weighted by molar-refractivity contribution is 0.171. The Labute approximate surface area is 147 Å². The molecule has 25 heavy (non-hydrogen) atoms. The first-order valence-electron chi connectivity index (χ1n) is 8.53. The Bertz CT molecular complexity index is 768. The molecule has 1 atom stereocenters. The van der Waals surface area contributed by atoms with Gasteiger partial charge in [-0.15, -0.1) is 10.2 Å². The summed E-state index contributed by atoms with van der Waals surface area (Å²) >= 11 is 0. The maximum atomic E-state index is 12.7. The minimum Gasteiger partial charge on any atom is -0.363 e. The Morgan fingerprint density at radius 2 is 2.04 bits per heavy atom. The molecule has 0 aromatic carbocycles. The van der Waals surface area contributed by atoms with Crippen LogP contribution in [0.1, 0.15) is 44.4 Å². The van der Waals surface area contributed by atoms with Gasteiger partial charge in [0.1, 0.15) is 17.5 Å². The van der Waals surface area contributed by atoms with Gasteiger partial charge in [-0.25, -0.2) is 9.78 Å². The summed E-state index contributed by atoms with van der Waals surface area (Å²) in [7, 11) is 3.83. The Balaban J connectivity index is 1.76. The van der Waals surface area contributed by atoms with Crippen molar-refractivity contribution in [3.8, 4) is 0 Å². The first-order valence-corrected chi connectivity index (χ1v) is 8.53. The number of fused-ring (bicyclic) bond motifs is 1. The molecule has 0 saturated heterocycles. The molecular weight excluding hydrogens is 318 g/mol. The third kappa shape index (κ3) is 3.29. The largest absolute Gasteiger partial charge is 0.363 e. The molecule has 1 N–H and O–H groups in total. The predicted molar refractivity (Wildman–Crippen MR) is 96.8 cm³/mol. The predicted octanol–water partition coefficient (Wildman–Crippen LogP) is 2.47. The minimum atomic E-state index is -0.170. The van der Waals surface area contributed by atoms with Gasteiger partial charge in [0.05, 0.1) is 6.04 Å². The van der Waals surface area contributed by atoms with E-state index in [1.807, 2.05) is 38.1 Å². The van der Waals surface area contributed by atoms with Gasteiger partial charge in [-0.2, -0.15) is 0 Å². The molecule has 0 saturated carbocycles. The lowest BCUT2D eigenvalue weighted by atomic mass is 10.1. The molecule has 1 aliphatic rings. The fourth-order valence-electron chi connectivity index (χ4n) is 3.03. The summed E-state index contributed by atoms with van der Waals surface area (Å²) in [5.74, 6) is 3.46. The van der Waals surface area contributed by atoms with Gasteiger partial charge in [0.15, 0.2) is 5.82 Å². The van der Waals surface area contributed by atoms with Crippen LogP contribution < -0.4 is 10.2 Å². The van der Waals surface area contributed by atoms with Crippen LogP contribution >= 0.6 is 0 Å². The molecule has 8 heteroatoms. The van der Waals surface area contributed by atoms with E-state index in [0.717, 1.165) is 17.5 Å². The Morgan fingerprint density at radius 1 is 1.28 bits per heavy atom. The Kier molecular flexibility index (Phi) is 4.61. The first-order chi connectivity index (χ1) is 11.9. The van der Waals surface area contributed by atoms with Crippen LogP contribution in [-0.4, -0.2) is 51.3 Å². The van der Waals surface area contributed by atoms with Crippen molar-refractivity contribution < 1.29 is 4.79 Å². The summed E-state index contributed by atoms with van der Waals surface area (Å²) in [5.41, 5.74) is 0. The van der Waals surface area contributed by atoms with E-state index in [4.69, 9.17) is 0 Å². The standard InChI is InChI=1S/C17H25N7O/c1-11(2)15-20-21-16-12(3)23(9-10-24(15)16)17(25)19-13-7-6-8-14(18-13)22(4)5/h6-8,11-12H,9-10H2,1-5H3,(H,18,19,25). The van der Waals surface area contributed by atoms with Gasteiger partial charge < -0.3 is 14.4 Å². The molecule has 0 bridgehead atoms. The van der Waals surface area contributed by atoms with E-state index < -0.39 is 0 Å². The molecular formula is C17H25N7O. The molecule has 8 nitrogen and oxygen atoms in total. The molecule has 2 amide bonds. The normalized spacial score (nSPS) is 16.7. The minimum absolute atomic E-state index is 0.134. The second-order valence-corrected chi connectivity index (χ2v) is 6.80. The average molecular weight is 343 g/mol. The average Bonchev–Trinajstić information content (AvgIpc) is 3.00. The van der Waals surface area contributed by atoms with E-state index in [0.29, 0.717) is 24.8 Å². The van der Waals surface area contributed by atoms with Crippen molar-refractivity contribution in [1.82, 2.24) is 24.6 Å². The van der Waals surface area contributed by atoms with Crippen molar-refractivity contribution in [2.75, 3.05) is 30.9 Å². The summed E-state index contributed by atoms with van der Waals surface area (Å²) in [5, 5.41) is 11.5. The zero-order valence-corrected chi connectivity index (χ0v) is 15.4. The summed E-state index contributed by atoms with van der Waals surface area (Å²) in [4.78, 5) is 20.8. The van der Waals surface area contributed by atoms with E-state index in [1.54, 1.807) is 11.0 Å². The Morgan fingerprint density at radius 3 is 2.72 bits per heavy atom. The van der Waals surface area contributed by atoms with Crippen LogP contribution in [0.2, 0.25) is 0 Å². The van der Waals surface area contributed by atoms with Crippen LogP contribution in [0.5, 0.6) is 0 Å². The van der Waals surface area contributed by atoms with Gasteiger partial charge >= 0.3 is 6.03 Å². The molecule has 0 radical (unpaired) electrons. The zero-order chi connectivity index (χ0) is 18.1. The number of hydrogen-bond acceptors (Lipinski definition) is 5. The van der Waals surface area contributed by atoms with Crippen LogP contribution in [0.3, 0.4) is 0 Å². The summed E-state index contributed by atoms with van der Waals surface area (Å²) < 4.78 is 2.13. The maximum Gasteiger partial charge on any atom is 0.323 e. The molecule has 134 valence electrons. The van der Waals surface area contributed by atoms with Crippen molar-refractivity contribution in [1.29, 1.82) is 0 Å². The highest BCUT2D eigenvalue weighted by Crippen LogP contribution is 2.27. The van der Waals surface area contributed by atoms with Gasteiger partial charge in [0.25, 0.3) is 0 Å². The number of carbonyl (C=O) groups excluding carboxylic acids is 1. The van der Waals surface area contributed by atoms with Crippen molar-refractivity contribution >= 4 is 17.7 Å². The number of carbonyl (C=O) groups is 1. The SMILES string of the molecule is CC(C)c1nnc2n1CCN(C(=O)Nc1cccc(N(C)C)n1)C2C. The zero-order valence-electron chi connectivity index (χ0n) is 15.4. The van der Waals surface area contributed by atoms with Crippen LogP contribution in [-0.2, 0) is 6.54 Å². The van der Waals surface area contributed by atoms with Crippen LogP contribution in [0.15, 0.2) is 18.2 Å². The van der Waals surface area contributed by atoms with E-state index in [1.165, 1.54) is 0 Å². The molecule has 0 spiro atoms. The third-order valence-corrected chi connectivity index (χ3v) is 4.42. The molecule has 1 aliphatic heterocycles. The van der Waals surface area contributed by atoms with Crippen molar-refractivity contribution in [3.63, 3.8) is 0 Å². The molecule has 3 rings (SSSR count). The van der Waals surface area contributed by atoms with Crippen molar-refractivity contribution in [2.45, 2.75) is 39.3 Å². The van der Waals surface area contributed by atoms with Crippen LogP contribution in [0.25, 0.3) is 0 Å². The topological polar surface area (TPSA) is 79.2 Å². The van der Waals surface area contributed by atoms with Crippen molar-refractivity contribution in [2.24, 2.45) is 0 Å². The summed E-state index contributed by atoms with van der Waals surface area (Å²) in [6.45, 7) is 7.51.